The lowest BCUT2D eigenvalue weighted by atomic mass is 9.72. The predicted molar refractivity (Wildman–Crippen MR) is 92.0 cm³/mol. The van der Waals surface area contributed by atoms with Gasteiger partial charge in [0, 0.05) is 31.1 Å². The fraction of sp³-hybridized carbons (Fsp3) is 0.556. The molecule has 0 saturated carbocycles. The number of urea groups is 1. The maximum absolute atomic E-state index is 12.5. The fourth-order valence-corrected chi connectivity index (χ4v) is 3.92. The van der Waals surface area contributed by atoms with Crippen LogP contribution in [-0.4, -0.2) is 53.7 Å². The van der Waals surface area contributed by atoms with Gasteiger partial charge in [0.05, 0.1) is 18.7 Å². The van der Waals surface area contributed by atoms with Gasteiger partial charge in [0.15, 0.2) is 0 Å². The van der Waals surface area contributed by atoms with Crippen LogP contribution in [0.1, 0.15) is 38.2 Å². The van der Waals surface area contributed by atoms with E-state index in [4.69, 9.17) is 0 Å². The molecule has 6 heteroatoms. The van der Waals surface area contributed by atoms with Gasteiger partial charge in [0.25, 0.3) is 0 Å². The minimum Gasteiger partial charge on any atom is -0.394 e. The zero-order valence-corrected chi connectivity index (χ0v) is 14.2. The molecule has 3 atom stereocenters. The van der Waals surface area contributed by atoms with E-state index in [0.717, 1.165) is 17.7 Å². The van der Waals surface area contributed by atoms with Crippen molar-refractivity contribution in [1.82, 2.24) is 10.2 Å². The molecule has 2 aliphatic heterocycles. The third-order valence-electron chi connectivity index (χ3n) is 5.05. The zero-order valence-electron chi connectivity index (χ0n) is 14.2. The summed E-state index contributed by atoms with van der Waals surface area (Å²) in [5, 5.41) is 12.7. The van der Waals surface area contributed by atoms with Gasteiger partial charge in [-0.05, 0) is 18.1 Å². The van der Waals surface area contributed by atoms with Crippen LogP contribution in [0.25, 0.3) is 0 Å². The van der Waals surface area contributed by atoms with Crippen molar-refractivity contribution >= 4 is 17.6 Å². The Hall–Kier alpha value is -2.08. The maximum atomic E-state index is 12.5. The average Bonchev–Trinajstić information content (AvgIpc) is 2.59. The Bertz CT molecular complexity index is 634. The Morgan fingerprint density at radius 3 is 2.71 bits per heavy atom. The molecule has 0 unspecified atom stereocenters. The molecule has 1 fully saturated rings. The number of para-hydroxylation sites is 1. The number of rotatable bonds is 4. The lowest BCUT2D eigenvalue weighted by Crippen LogP contribution is -2.72. The Labute approximate surface area is 142 Å². The lowest BCUT2D eigenvalue weighted by molar-refractivity contribution is -0.119. The summed E-state index contributed by atoms with van der Waals surface area (Å²) in [6.45, 7) is 4.88. The predicted octanol–water partition coefficient (Wildman–Crippen LogP) is 1.69. The highest BCUT2D eigenvalue weighted by Gasteiger charge is 2.55. The number of likely N-dealkylation sites (tertiary alicyclic amines) is 1. The van der Waals surface area contributed by atoms with E-state index >= 15 is 0 Å². The molecule has 130 valence electrons. The molecule has 24 heavy (non-hydrogen) atoms. The van der Waals surface area contributed by atoms with Gasteiger partial charge >= 0.3 is 6.03 Å². The van der Waals surface area contributed by atoms with Gasteiger partial charge in [-0.1, -0.05) is 32.0 Å². The van der Waals surface area contributed by atoms with Crippen LogP contribution in [0, 0.1) is 0 Å². The molecule has 1 saturated heterocycles. The molecule has 0 spiro atoms. The van der Waals surface area contributed by atoms with Gasteiger partial charge in [0.2, 0.25) is 5.91 Å². The number of carbonyl (C=O) groups excluding carboxylic acids is 2. The van der Waals surface area contributed by atoms with Crippen LogP contribution in [0.4, 0.5) is 10.5 Å². The van der Waals surface area contributed by atoms with Gasteiger partial charge in [-0.2, -0.15) is 0 Å². The minimum absolute atomic E-state index is 0.0577. The van der Waals surface area contributed by atoms with Crippen LogP contribution in [0.5, 0.6) is 0 Å². The van der Waals surface area contributed by atoms with Crippen LogP contribution in [-0.2, 0) is 4.79 Å². The van der Waals surface area contributed by atoms with E-state index in [2.05, 4.69) is 5.32 Å². The fourth-order valence-electron chi connectivity index (χ4n) is 3.92. The van der Waals surface area contributed by atoms with E-state index in [1.165, 1.54) is 0 Å². The Balaban J connectivity index is 1.92. The normalized spacial score (nSPS) is 24.7. The monoisotopic (exact) mass is 331 g/mol. The van der Waals surface area contributed by atoms with E-state index < -0.39 is 0 Å². The van der Waals surface area contributed by atoms with E-state index in [-0.39, 0.29) is 36.5 Å². The first-order valence-corrected chi connectivity index (χ1v) is 8.70. The summed E-state index contributed by atoms with van der Waals surface area (Å²) in [5.41, 5.74) is 1.96. The van der Waals surface area contributed by atoms with E-state index in [9.17, 15) is 14.7 Å². The van der Waals surface area contributed by atoms with E-state index in [0.29, 0.717) is 19.5 Å². The number of anilines is 1. The van der Waals surface area contributed by atoms with Crippen molar-refractivity contribution in [2.24, 2.45) is 0 Å². The highest BCUT2D eigenvalue weighted by molar-refractivity contribution is 5.95. The summed E-state index contributed by atoms with van der Waals surface area (Å²) >= 11 is 0. The second kappa shape index (κ2) is 6.81. The lowest BCUT2D eigenvalue weighted by Gasteiger charge is -2.58. The van der Waals surface area contributed by atoms with Crippen molar-refractivity contribution in [1.29, 1.82) is 0 Å². The Morgan fingerprint density at radius 1 is 1.29 bits per heavy atom. The molecule has 0 aliphatic carbocycles. The summed E-state index contributed by atoms with van der Waals surface area (Å²) in [6, 6.07) is 7.37. The number of nitrogens with one attached hydrogen (secondary N) is 1. The largest absolute Gasteiger partial charge is 0.394 e. The van der Waals surface area contributed by atoms with Crippen molar-refractivity contribution in [3.8, 4) is 0 Å². The Morgan fingerprint density at radius 2 is 2.04 bits per heavy atom. The van der Waals surface area contributed by atoms with E-state index in [1.54, 1.807) is 9.80 Å². The number of benzene rings is 1. The standard InChI is InChI=1S/C18H25N3O3/c1-3-9-19-18(24)21-14-10-20(16(23)4-2)13-8-6-5-7-12(13)17(14)15(21)11-22/h5-8,14-15,17,22H,3-4,9-11H2,1-2H3,(H,19,24)/t14-,15+,17+/m1/s1. The molecule has 1 aromatic rings. The average molecular weight is 331 g/mol. The minimum atomic E-state index is -0.230. The first kappa shape index (κ1) is 16.8. The van der Waals surface area contributed by atoms with Crippen LogP contribution in [0.15, 0.2) is 24.3 Å². The number of aliphatic hydroxyl groups excluding tert-OH is 1. The second-order valence-electron chi connectivity index (χ2n) is 6.40. The van der Waals surface area contributed by atoms with Crippen molar-refractivity contribution in [2.75, 3.05) is 24.6 Å². The number of aliphatic hydroxyl groups is 1. The third kappa shape index (κ3) is 2.55. The van der Waals surface area contributed by atoms with Crippen LogP contribution in [0.3, 0.4) is 0 Å². The summed E-state index contributed by atoms with van der Waals surface area (Å²) in [6.07, 6.45) is 1.29. The number of carbonyl (C=O) groups is 2. The molecule has 3 amide bonds. The SMILES string of the molecule is CCCNC(=O)N1[C@@H]2CN(C(=O)CC)c3ccccc3[C@@H]2[C@@H]1CO. The molecule has 0 radical (unpaired) electrons. The summed E-state index contributed by atoms with van der Waals surface area (Å²) in [4.78, 5) is 28.3. The number of hydrogen-bond donors (Lipinski definition) is 2. The van der Waals surface area contributed by atoms with E-state index in [1.807, 2.05) is 38.1 Å². The second-order valence-corrected chi connectivity index (χ2v) is 6.40. The van der Waals surface area contributed by atoms with Crippen LogP contribution in [0.2, 0.25) is 0 Å². The van der Waals surface area contributed by atoms with Gasteiger partial charge < -0.3 is 20.2 Å². The zero-order chi connectivity index (χ0) is 17.3. The van der Waals surface area contributed by atoms with Crippen molar-refractivity contribution in [3.05, 3.63) is 29.8 Å². The number of nitrogens with zero attached hydrogens (tertiary/aromatic N) is 2. The smallest absolute Gasteiger partial charge is 0.318 e. The topological polar surface area (TPSA) is 72.9 Å². The molecule has 2 N–H and O–H groups in total. The number of fused-ring (bicyclic) bond motifs is 3. The first-order valence-electron chi connectivity index (χ1n) is 8.70. The van der Waals surface area contributed by atoms with Crippen LogP contribution >= 0.6 is 0 Å². The maximum Gasteiger partial charge on any atom is 0.318 e. The summed E-state index contributed by atoms with van der Waals surface area (Å²) in [7, 11) is 0. The molecule has 6 nitrogen and oxygen atoms in total. The molecule has 1 aromatic carbocycles. The molecule has 0 bridgehead atoms. The van der Waals surface area contributed by atoms with Crippen molar-refractivity contribution in [3.63, 3.8) is 0 Å². The van der Waals surface area contributed by atoms with Crippen molar-refractivity contribution < 1.29 is 14.7 Å². The Kier molecular flexibility index (Phi) is 4.76. The van der Waals surface area contributed by atoms with Gasteiger partial charge in [-0.15, -0.1) is 0 Å². The first-order chi connectivity index (χ1) is 11.6. The van der Waals surface area contributed by atoms with Gasteiger partial charge in [-0.25, -0.2) is 4.79 Å². The van der Waals surface area contributed by atoms with Crippen molar-refractivity contribution in [2.45, 2.75) is 44.7 Å². The molecule has 2 aliphatic rings. The molecular formula is C18H25N3O3. The molecule has 0 aromatic heterocycles. The highest BCUT2D eigenvalue weighted by Crippen LogP contribution is 2.48. The summed E-state index contributed by atoms with van der Waals surface area (Å²) < 4.78 is 0. The van der Waals surface area contributed by atoms with Gasteiger partial charge in [-0.3, -0.25) is 4.79 Å². The summed E-state index contributed by atoms with van der Waals surface area (Å²) in [5.74, 6) is 0.141. The quantitative estimate of drug-likeness (QED) is 0.882. The molecule has 3 rings (SSSR count). The number of hydrogen-bond acceptors (Lipinski definition) is 3. The van der Waals surface area contributed by atoms with Crippen LogP contribution < -0.4 is 10.2 Å². The third-order valence-corrected chi connectivity index (χ3v) is 5.05. The van der Waals surface area contributed by atoms with Gasteiger partial charge in [0.1, 0.15) is 0 Å². The number of amides is 3. The molecule has 2 heterocycles. The molecular weight excluding hydrogens is 306 g/mol. The highest BCUT2D eigenvalue weighted by atomic mass is 16.3.